The maximum absolute atomic E-state index is 12.1. The first-order valence-electron chi connectivity index (χ1n) is 7.69. The Kier molecular flexibility index (Phi) is 6.29. The van der Waals surface area contributed by atoms with Gasteiger partial charge in [-0.05, 0) is 0 Å². The summed E-state index contributed by atoms with van der Waals surface area (Å²) < 4.78 is 15.9. The molecule has 0 aromatic heterocycles. The van der Waals surface area contributed by atoms with E-state index in [2.05, 4.69) is 10.6 Å². The second kappa shape index (κ2) is 8.22. The molecule has 3 amide bonds. The second-order valence-corrected chi connectivity index (χ2v) is 5.75. The van der Waals surface area contributed by atoms with Crippen LogP contribution in [0, 0.1) is 0 Å². The summed E-state index contributed by atoms with van der Waals surface area (Å²) in [5, 5.41) is 4.70. The first kappa shape index (κ1) is 18.4. The van der Waals surface area contributed by atoms with E-state index in [9.17, 15) is 14.4 Å². The van der Waals surface area contributed by atoms with Gasteiger partial charge in [-0.3, -0.25) is 14.9 Å². The molecule has 0 aromatic carbocycles. The lowest BCUT2D eigenvalue weighted by Gasteiger charge is -2.21. The fourth-order valence-electron chi connectivity index (χ4n) is 2.68. The summed E-state index contributed by atoms with van der Waals surface area (Å²) in [4.78, 5) is 37.5. The molecule has 9 nitrogen and oxygen atoms in total. The van der Waals surface area contributed by atoms with Crippen LogP contribution in [0.4, 0.5) is 4.79 Å². The Hall–Kier alpha value is -1.97. The van der Waals surface area contributed by atoms with Crippen LogP contribution in [0.1, 0.15) is 12.8 Å². The monoisotopic (exact) mass is 341 g/mol. The summed E-state index contributed by atoms with van der Waals surface area (Å²) in [5.74, 6) is -1.01. The Balaban J connectivity index is 1.87. The van der Waals surface area contributed by atoms with Gasteiger partial charge in [0.1, 0.15) is 12.3 Å². The van der Waals surface area contributed by atoms with Crippen molar-refractivity contribution in [2.75, 3.05) is 34.4 Å². The van der Waals surface area contributed by atoms with Gasteiger partial charge in [0.15, 0.2) is 5.78 Å². The van der Waals surface area contributed by atoms with Crippen molar-refractivity contribution in [2.24, 2.45) is 0 Å². The number of carbonyl (C=O) groups excluding carboxylic acids is 3. The van der Waals surface area contributed by atoms with E-state index < -0.39 is 18.2 Å². The molecular weight excluding hydrogens is 318 g/mol. The molecule has 134 valence electrons. The molecule has 1 saturated heterocycles. The molecule has 0 bridgehead atoms. The van der Waals surface area contributed by atoms with Crippen molar-refractivity contribution < 1.29 is 28.6 Å². The summed E-state index contributed by atoms with van der Waals surface area (Å²) in [6.45, 7) is 0.891. The van der Waals surface area contributed by atoms with E-state index in [0.29, 0.717) is 19.6 Å². The molecule has 0 aromatic rings. The number of methoxy groups -OCH3 is 2. The van der Waals surface area contributed by atoms with Crippen LogP contribution in [0.25, 0.3) is 0 Å². The number of urea groups is 1. The topological polar surface area (TPSA) is 106 Å². The van der Waals surface area contributed by atoms with Gasteiger partial charge in [0, 0.05) is 46.9 Å². The lowest BCUT2D eigenvalue weighted by molar-refractivity contribution is -0.122. The summed E-state index contributed by atoms with van der Waals surface area (Å²) in [6.07, 6.45) is 1.03. The Labute approximate surface area is 140 Å². The average Bonchev–Trinajstić information content (AvgIpc) is 2.91. The molecule has 2 rings (SSSR count). The number of nitrogens with zero attached hydrogens (tertiary/aromatic N) is 1. The maximum atomic E-state index is 12.1. The zero-order valence-corrected chi connectivity index (χ0v) is 14.0. The third-order valence-corrected chi connectivity index (χ3v) is 3.94. The molecule has 0 unspecified atom stereocenters. The average molecular weight is 341 g/mol. The zero-order valence-electron chi connectivity index (χ0n) is 14.0. The van der Waals surface area contributed by atoms with Crippen molar-refractivity contribution >= 4 is 17.7 Å². The van der Waals surface area contributed by atoms with E-state index in [1.54, 1.807) is 26.2 Å². The number of nitrogens with one attached hydrogen (secondary N) is 2. The highest BCUT2D eigenvalue weighted by molar-refractivity contribution is 6.22. The second-order valence-electron chi connectivity index (χ2n) is 5.75. The van der Waals surface area contributed by atoms with Crippen molar-refractivity contribution in [1.82, 2.24) is 15.5 Å². The highest BCUT2D eigenvalue weighted by atomic mass is 16.6. The van der Waals surface area contributed by atoms with E-state index in [1.807, 2.05) is 0 Å². The van der Waals surface area contributed by atoms with Crippen LogP contribution in [0.15, 0.2) is 11.8 Å². The number of rotatable bonds is 5. The predicted molar refractivity (Wildman–Crippen MR) is 83.0 cm³/mol. The molecule has 2 aliphatic heterocycles. The number of amides is 3. The molecule has 2 N–H and O–H groups in total. The molecule has 3 atom stereocenters. The minimum absolute atomic E-state index is 0.0294. The van der Waals surface area contributed by atoms with Gasteiger partial charge in [-0.25, -0.2) is 4.79 Å². The van der Waals surface area contributed by atoms with E-state index in [0.717, 1.165) is 0 Å². The van der Waals surface area contributed by atoms with Crippen LogP contribution in [0.5, 0.6) is 0 Å². The number of ketones is 1. The number of hydrogen-bond acceptors (Lipinski definition) is 7. The third-order valence-electron chi connectivity index (χ3n) is 3.94. The summed E-state index contributed by atoms with van der Waals surface area (Å²) in [5.41, 5.74) is -0.0294. The highest BCUT2D eigenvalue weighted by Gasteiger charge is 2.36. The minimum atomic E-state index is -0.723. The SMILES string of the molecule is COC[C@H]1O[C@@H](NC(=O)NC(=O)C2=CN(C)CCC2=O)C[C@H]1OC. The van der Waals surface area contributed by atoms with Crippen LogP contribution in [0.2, 0.25) is 0 Å². The summed E-state index contributed by atoms with van der Waals surface area (Å²) in [7, 11) is 4.86. The van der Waals surface area contributed by atoms with Gasteiger partial charge in [-0.2, -0.15) is 0 Å². The van der Waals surface area contributed by atoms with Gasteiger partial charge >= 0.3 is 6.03 Å². The van der Waals surface area contributed by atoms with Crippen molar-refractivity contribution in [3.63, 3.8) is 0 Å². The third kappa shape index (κ3) is 4.53. The molecule has 2 aliphatic rings. The Morgan fingerprint density at radius 2 is 2.17 bits per heavy atom. The standard InChI is InChI=1S/C15H23N3O6/c1-18-5-4-10(19)9(7-18)14(20)17-15(21)16-13-6-11(23-3)12(24-13)8-22-2/h7,11-13H,4-6,8H2,1-3H3,(H2,16,17,20,21)/t11-,12-,13-/m1/s1. The molecule has 0 radical (unpaired) electrons. The van der Waals surface area contributed by atoms with Crippen LogP contribution in [0.3, 0.4) is 0 Å². The fourth-order valence-corrected chi connectivity index (χ4v) is 2.68. The van der Waals surface area contributed by atoms with Crippen LogP contribution in [-0.4, -0.2) is 75.5 Å². The molecule has 0 spiro atoms. The van der Waals surface area contributed by atoms with E-state index in [-0.39, 0.29) is 30.0 Å². The molecule has 2 heterocycles. The van der Waals surface area contributed by atoms with Crippen LogP contribution >= 0.6 is 0 Å². The molecular formula is C15H23N3O6. The van der Waals surface area contributed by atoms with Gasteiger partial charge < -0.3 is 24.4 Å². The van der Waals surface area contributed by atoms with E-state index in [1.165, 1.54) is 6.20 Å². The van der Waals surface area contributed by atoms with Crippen molar-refractivity contribution in [3.8, 4) is 0 Å². The van der Waals surface area contributed by atoms with Crippen molar-refractivity contribution in [2.45, 2.75) is 31.3 Å². The Morgan fingerprint density at radius 1 is 1.42 bits per heavy atom. The van der Waals surface area contributed by atoms with E-state index in [4.69, 9.17) is 14.2 Å². The van der Waals surface area contributed by atoms with Crippen LogP contribution in [-0.2, 0) is 23.8 Å². The largest absolute Gasteiger partial charge is 0.382 e. The first-order chi connectivity index (χ1) is 11.4. The Morgan fingerprint density at radius 3 is 2.83 bits per heavy atom. The van der Waals surface area contributed by atoms with Gasteiger partial charge in [0.2, 0.25) is 0 Å². The minimum Gasteiger partial charge on any atom is -0.382 e. The van der Waals surface area contributed by atoms with Gasteiger partial charge in [-0.1, -0.05) is 0 Å². The number of Topliss-reactive ketones (excluding diaryl/α,β-unsaturated/α-hetero) is 1. The summed E-state index contributed by atoms with van der Waals surface area (Å²) >= 11 is 0. The van der Waals surface area contributed by atoms with Gasteiger partial charge in [0.25, 0.3) is 5.91 Å². The maximum Gasteiger partial charge on any atom is 0.323 e. The number of ether oxygens (including phenoxy) is 3. The smallest absolute Gasteiger partial charge is 0.323 e. The van der Waals surface area contributed by atoms with Crippen molar-refractivity contribution in [1.29, 1.82) is 0 Å². The number of hydrogen-bond donors (Lipinski definition) is 2. The summed E-state index contributed by atoms with van der Waals surface area (Å²) in [6, 6.07) is -0.722. The van der Waals surface area contributed by atoms with Crippen molar-refractivity contribution in [3.05, 3.63) is 11.8 Å². The molecule has 0 saturated carbocycles. The number of imide groups is 1. The molecule has 0 aliphatic carbocycles. The number of carbonyl (C=O) groups is 3. The molecule has 1 fully saturated rings. The van der Waals surface area contributed by atoms with E-state index >= 15 is 0 Å². The molecule has 9 heteroatoms. The zero-order chi connectivity index (χ0) is 17.7. The fraction of sp³-hybridized carbons (Fsp3) is 0.667. The lowest BCUT2D eigenvalue weighted by atomic mass is 10.1. The van der Waals surface area contributed by atoms with Crippen LogP contribution < -0.4 is 10.6 Å². The highest BCUT2D eigenvalue weighted by Crippen LogP contribution is 2.21. The lowest BCUT2D eigenvalue weighted by Crippen LogP contribution is -2.46. The molecule has 24 heavy (non-hydrogen) atoms. The van der Waals surface area contributed by atoms with Gasteiger partial charge in [-0.15, -0.1) is 0 Å². The first-order valence-corrected chi connectivity index (χ1v) is 7.69. The van der Waals surface area contributed by atoms with Gasteiger partial charge in [0.05, 0.1) is 18.3 Å². The quantitative estimate of drug-likeness (QED) is 0.642. The predicted octanol–water partition coefficient (Wildman–Crippen LogP) is -0.623. The Bertz CT molecular complexity index is 535. The normalized spacial score (nSPS) is 27.0.